The van der Waals surface area contributed by atoms with Crippen molar-refractivity contribution >= 4 is 5.91 Å². The fraction of sp³-hybridized carbons (Fsp3) is 0.562. The Bertz CT molecular complexity index is 456. The van der Waals surface area contributed by atoms with Gasteiger partial charge in [0.1, 0.15) is 5.75 Å². The molecule has 0 saturated heterocycles. The molecule has 0 bridgehead atoms. The predicted molar refractivity (Wildman–Crippen MR) is 79.7 cm³/mol. The van der Waals surface area contributed by atoms with Gasteiger partial charge in [0, 0.05) is 18.6 Å². The summed E-state index contributed by atoms with van der Waals surface area (Å²) in [6.45, 7) is 4.85. The minimum Gasteiger partial charge on any atom is -0.483 e. The highest BCUT2D eigenvalue weighted by Crippen LogP contribution is 2.27. The number of carbonyl (C=O) groups excluding carboxylic acids is 1. The Balaban J connectivity index is 1.94. The minimum atomic E-state index is 0.0746. The average molecular weight is 276 g/mol. The number of carbonyl (C=O) groups is 1. The number of nitrogens with zero attached hydrogens (tertiary/aromatic N) is 1. The molecule has 0 spiro atoms. The molecule has 2 N–H and O–H groups in total. The molecular formula is C16H24N2O2. The third-order valence-corrected chi connectivity index (χ3v) is 3.51. The van der Waals surface area contributed by atoms with Gasteiger partial charge in [0.05, 0.1) is 0 Å². The van der Waals surface area contributed by atoms with E-state index >= 15 is 0 Å². The molecule has 1 aromatic carbocycles. The minimum absolute atomic E-state index is 0.0746. The van der Waals surface area contributed by atoms with Crippen LogP contribution < -0.4 is 10.5 Å². The summed E-state index contributed by atoms with van der Waals surface area (Å²) in [6.07, 6.45) is 3.01. The molecule has 1 amide bonds. The van der Waals surface area contributed by atoms with Crippen LogP contribution in [0.4, 0.5) is 0 Å². The van der Waals surface area contributed by atoms with E-state index in [1.807, 2.05) is 43.0 Å². The van der Waals surface area contributed by atoms with E-state index in [1.165, 1.54) is 0 Å². The lowest BCUT2D eigenvalue weighted by Gasteiger charge is -2.21. The second-order valence-electron chi connectivity index (χ2n) is 5.49. The quantitative estimate of drug-likeness (QED) is 0.828. The zero-order valence-corrected chi connectivity index (χ0v) is 12.3. The SMILES string of the molecule is CCN(C(=O)COc1ccccc1CC(C)N)C1CC1. The van der Waals surface area contributed by atoms with Crippen molar-refractivity contribution in [1.29, 1.82) is 0 Å². The highest BCUT2D eigenvalue weighted by molar-refractivity contribution is 5.78. The number of amides is 1. The van der Waals surface area contributed by atoms with Crippen LogP contribution in [0.2, 0.25) is 0 Å². The van der Waals surface area contributed by atoms with Gasteiger partial charge in [-0.1, -0.05) is 18.2 Å². The van der Waals surface area contributed by atoms with Crippen LogP contribution in [0.15, 0.2) is 24.3 Å². The number of hydrogen-bond donors (Lipinski definition) is 1. The largest absolute Gasteiger partial charge is 0.483 e. The summed E-state index contributed by atoms with van der Waals surface area (Å²) in [4.78, 5) is 14.0. The first kappa shape index (κ1) is 14.9. The van der Waals surface area contributed by atoms with Crippen molar-refractivity contribution in [2.24, 2.45) is 5.73 Å². The Morgan fingerprint density at radius 2 is 2.15 bits per heavy atom. The zero-order chi connectivity index (χ0) is 14.5. The maximum absolute atomic E-state index is 12.1. The normalized spacial score (nSPS) is 15.8. The van der Waals surface area contributed by atoms with Gasteiger partial charge in [-0.05, 0) is 44.7 Å². The van der Waals surface area contributed by atoms with Crippen LogP contribution >= 0.6 is 0 Å². The Labute approximate surface area is 120 Å². The average Bonchev–Trinajstić information content (AvgIpc) is 3.22. The molecule has 1 aliphatic carbocycles. The first-order valence-corrected chi connectivity index (χ1v) is 7.37. The first-order chi connectivity index (χ1) is 9.61. The van der Waals surface area contributed by atoms with Crippen LogP contribution in [0, 0.1) is 0 Å². The van der Waals surface area contributed by atoms with Crippen molar-refractivity contribution in [2.45, 2.75) is 45.2 Å². The standard InChI is InChI=1S/C16H24N2O2/c1-3-18(14-8-9-14)16(19)11-20-15-7-5-4-6-13(15)10-12(2)17/h4-7,12,14H,3,8-11,17H2,1-2H3. The maximum Gasteiger partial charge on any atom is 0.260 e. The molecule has 0 radical (unpaired) electrons. The van der Waals surface area contributed by atoms with Gasteiger partial charge in [-0.25, -0.2) is 0 Å². The molecule has 1 atom stereocenters. The van der Waals surface area contributed by atoms with Crippen LogP contribution in [-0.2, 0) is 11.2 Å². The molecule has 20 heavy (non-hydrogen) atoms. The van der Waals surface area contributed by atoms with Crippen molar-refractivity contribution < 1.29 is 9.53 Å². The molecule has 4 nitrogen and oxygen atoms in total. The third-order valence-electron chi connectivity index (χ3n) is 3.51. The monoisotopic (exact) mass is 276 g/mol. The summed E-state index contributed by atoms with van der Waals surface area (Å²) in [5, 5.41) is 0. The van der Waals surface area contributed by atoms with E-state index in [9.17, 15) is 4.79 Å². The van der Waals surface area contributed by atoms with Crippen LogP contribution in [0.3, 0.4) is 0 Å². The lowest BCUT2D eigenvalue weighted by atomic mass is 10.1. The number of benzene rings is 1. The molecule has 1 aromatic rings. The zero-order valence-electron chi connectivity index (χ0n) is 12.3. The molecule has 0 aromatic heterocycles. The summed E-state index contributed by atoms with van der Waals surface area (Å²) in [5.41, 5.74) is 6.90. The highest BCUT2D eigenvalue weighted by atomic mass is 16.5. The molecule has 1 unspecified atom stereocenters. The van der Waals surface area contributed by atoms with Gasteiger partial charge in [-0.3, -0.25) is 4.79 Å². The van der Waals surface area contributed by atoms with Gasteiger partial charge in [-0.2, -0.15) is 0 Å². The van der Waals surface area contributed by atoms with Crippen LogP contribution in [-0.4, -0.2) is 36.0 Å². The molecule has 1 aliphatic rings. The summed E-state index contributed by atoms with van der Waals surface area (Å²) in [5.74, 6) is 0.843. The van der Waals surface area contributed by atoms with Gasteiger partial charge >= 0.3 is 0 Å². The fourth-order valence-corrected chi connectivity index (χ4v) is 2.41. The predicted octanol–water partition coefficient (Wildman–Crippen LogP) is 1.97. The molecule has 0 aliphatic heterocycles. The van der Waals surface area contributed by atoms with Gasteiger partial charge < -0.3 is 15.4 Å². The molecule has 1 saturated carbocycles. The lowest BCUT2D eigenvalue weighted by Crippen LogP contribution is -2.36. The second kappa shape index (κ2) is 6.75. The Morgan fingerprint density at radius 1 is 1.45 bits per heavy atom. The third kappa shape index (κ3) is 3.97. The number of hydrogen-bond acceptors (Lipinski definition) is 3. The van der Waals surface area contributed by atoms with Gasteiger partial charge in [0.25, 0.3) is 5.91 Å². The van der Waals surface area contributed by atoms with E-state index in [2.05, 4.69) is 0 Å². The molecule has 1 fully saturated rings. The topological polar surface area (TPSA) is 55.6 Å². The van der Waals surface area contributed by atoms with Crippen LogP contribution in [0.1, 0.15) is 32.3 Å². The van der Waals surface area contributed by atoms with E-state index in [-0.39, 0.29) is 18.6 Å². The number of likely N-dealkylation sites (N-methyl/N-ethyl adjacent to an activating group) is 1. The highest BCUT2D eigenvalue weighted by Gasteiger charge is 2.31. The molecule has 0 heterocycles. The summed E-state index contributed by atoms with van der Waals surface area (Å²) in [6, 6.07) is 8.31. The number of rotatable bonds is 7. The van der Waals surface area contributed by atoms with Crippen LogP contribution in [0.5, 0.6) is 5.75 Å². The molecule has 4 heteroatoms. The van der Waals surface area contributed by atoms with Gasteiger partial charge in [0.2, 0.25) is 0 Å². The van der Waals surface area contributed by atoms with E-state index in [0.29, 0.717) is 6.04 Å². The lowest BCUT2D eigenvalue weighted by molar-refractivity contribution is -0.133. The van der Waals surface area contributed by atoms with Crippen molar-refractivity contribution in [1.82, 2.24) is 4.90 Å². The number of nitrogens with two attached hydrogens (primary N) is 1. The van der Waals surface area contributed by atoms with Crippen molar-refractivity contribution in [3.63, 3.8) is 0 Å². The van der Waals surface area contributed by atoms with Crippen molar-refractivity contribution in [3.8, 4) is 5.75 Å². The molecular weight excluding hydrogens is 252 g/mol. The first-order valence-electron chi connectivity index (χ1n) is 7.37. The Kier molecular flexibility index (Phi) is 5.01. The molecule has 110 valence electrons. The van der Waals surface area contributed by atoms with Crippen LogP contribution in [0.25, 0.3) is 0 Å². The van der Waals surface area contributed by atoms with E-state index in [0.717, 1.165) is 37.1 Å². The Morgan fingerprint density at radius 3 is 2.75 bits per heavy atom. The van der Waals surface area contributed by atoms with Gasteiger partial charge in [0.15, 0.2) is 6.61 Å². The number of ether oxygens (including phenoxy) is 1. The van der Waals surface area contributed by atoms with E-state index in [4.69, 9.17) is 10.5 Å². The van der Waals surface area contributed by atoms with E-state index in [1.54, 1.807) is 0 Å². The van der Waals surface area contributed by atoms with E-state index < -0.39 is 0 Å². The Hall–Kier alpha value is -1.55. The van der Waals surface area contributed by atoms with Crippen molar-refractivity contribution in [3.05, 3.63) is 29.8 Å². The second-order valence-corrected chi connectivity index (χ2v) is 5.49. The maximum atomic E-state index is 12.1. The van der Waals surface area contributed by atoms with Gasteiger partial charge in [-0.15, -0.1) is 0 Å². The summed E-state index contributed by atoms with van der Waals surface area (Å²) >= 11 is 0. The summed E-state index contributed by atoms with van der Waals surface area (Å²) in [7, 11) is 0. The van der Waals surface area contributed by atoms with Crippen molar-refractivity contribution in [2.75, 3.05) is 13.2 Å². The smallest absolute Gasteiger partial charge is 0.260 e. The fourth-order valence-electron chi connectivity index (χ4n) is 2.41. The number of para-hydroxylation sites is 1. The molecule has 2 rings (SSSR count). The summed E-state index contributed by atoms with van der Waals surface area (Å²) < 4.78 is 5.71.